The maximum atomic E-state index is 12.0. The third kappa shape index (κ3) is 3.78. The van der Waals surface area contributed by atoms with Crippen molar-refractivity contribution in [1.29, 1.82) is 0 Å². The molecule has 0 amide bonds. The van der Waals surface area contributed by atoms with Crippen LogP contribution in [0.2, 0.25) is 0 Å². The summed E-state index contributed by atoms with van der Waals surface area (Å²) in [7, 11) is 1.61. The number of methoxy groups -OCH3 is 1. The van der Waals surface area contributed by atoms with Crippen LogP contribution in [0.15, 0.2) is 24.3 Å². The number of hydrogen-bond acceptors (Lipinski definition) is 4. The van der Waals surface area contributed by atoms with E-state index in [4.69, 9.17) is 14.2 Å². The molecule has 0 aromatic heterocycles. The molecule has 0 unspecified atom stereocenters. The number of benzene rings is 1. The fourth-order valence-electron chi connectivity index (χ4n) is 2.12. The minimum Gasteiger partial charge on any atom is -0.497 e. The van der Waals surface area contributed by atoms with Gasteiger partial charge in [0, 0.05) is 12.0 Å². The molecule has 0 radical (unpaired) electrons. The lowest BCUT2D eigenvalue weighted by Gasteiger charge is -2.16. The molecule has 1 saturated heterocycles. The topological polar surface area (TPSA) is 44.8 Å². The van der Waals surface area contributed by atoms with Crippen molar-refractivity contribution in [3.05, 3.63) is 29.8 Å². The van der Waals surface area contributed by atoms with Crippen LogP contribution in [0.5, 0.6) is 5.75 Å². The van der Waals surface area contributed by atoms with Gasteiger partial charge in [0.25, 0.3) is 0 Å². The van der Waals surface area contributed by atoms with Gasteiger partial charge in [-0.25, -0.2) is 0 Å². The Labute approximate surface area is 113 Å². The van der Waals surface area contributed by atoms with Gasteiger partial charge in [-0.3, -0.25) is 4.79 Å². The Morgan fingerprint density at radius 3 is 2.58 bits per heavy atom. The number of ether oxygens (including phenoxy) is 3. The number of rotatable bonds is 5. The van der Waals surface area contributed by atoms with Crippen molar-refractivity contribution in [2.24, 2.45) is 0 Å². The summed E-state index contributed by atoms with van der Waals surface area (Å²) in [5.74, 6) is 0.357. The zero-order valence-corrected chi connectivity index (χ0v) is 11.6. The van der Waals surface area contributed by atoms with Gasteiger partial charge < -0.3 is 14.2 Å². The van der Waals surface area contributed by atoms with E-state index in [2.05, 4.69) is 0 Å². The van der Waals surface area contributed by atoms with Crippen molar-refractivity contribution in [3.63, 3.8) is 0 Å². The summed E-state index contributed by atoms with van der Waals surface area (Å²) in [6, 6.07) is 7.17. The molecule has 1 aliphatic rings. The average Bonchev–Trinajstić information content (AvgIpc) is 2.76. The summed E-state index contributed by atoms with van der Waals surface area (Å²) < 4.78 is 16.2. The first-order chi connectivity index (χ1) is 9.00. The lowest BCUT2D eigenvalue weighted by Crippen LogP contribution is -2.21. The number of Topliss-reactive ketones (excluding diaryl/α,β-unsaturated/α-hetero) is 1. The quantitative estimate of drug-likeness (QED) is 0.767. The van der Waals surface area contributed by atoms with Crippen LogP contribution in [0, 0.1) is 0 Å². The molecule has 0 aliphatic carbocycles. The van der Waals surface area contributed by atoms with E-state index in [0.717, 1.165) is 5.75 Å². The highest BCUT2D eigenvalue weighted by atomic mass is 16.7. The molecule has 1 aromatic rings. The Morgan fingerprint density at radius 2 is 2.05 bits per heavy atom. The van der Waals surface area contributed by atoms with Gasteiger partial charge in [0.1, 0.15) is 5.75 Å². The van der Waals surface area contributed by atoms with Gasteiger partial charge in [0.2, 0.25) is 0 Å². The predicted octanol–water partition coefficient (Wildman–Crippen LogP) is 2.81. The fourth-order valence-corrected chi connectivity index (χ4v) is 2.12. The van der Waals surface area contributed by atoms with E-state index in [0.29, 0.717) is 25.0 Å². The maximum Gasteiger partial charge on any atom is 0.163 e. The summed E-state index contributed by atoms with van der Waals surface area (Å²) in [4.78, 5) is 12.0. The Bertz CT molecular complexity index is 436. The van der Waals surface area contributed by atoms with Crippen molar-refractivity contribution in [3.8, 4) is 5.75 Å². The minimum atomic E-state index is -0.520. The van der Waals surface area contributed by atoms with Gasteiger partial charge in [-0.05, 0) is 44.5 Å². The van der Waals surface area contributed by atoms with Gasteiger partial charge in [-0.15, -0.1) is 0 Å². The summed E-state index contributed by atoms with van der Waals surface area (Å²) >= 11 is 0. The fraction of sp³-hybridized carbons (Fsp3) is 0.533. The first-order valence-corrected chi connectivity index (χ1v) is 6.49. The van der Waals surface area contributed by atoms with Crippen LogP contribution in [0.1, 0.15) is 37.0 Å². The van der Waals surface area contributed by atoms with E-state index in [9.17, 15) is 4.79 Å². The highest BCUT2D eigenvalue weighted by molar-refractivity contribution is 5.96. The van der Waals surface area contributed by atoms with Crippen LogP contribution in [0.4, 0.5) is 0 Å². The van der Waals surface area contributed by atoms with E-state index < -0.39 is 5.79 Å². The van der Waals surface area contributed by atoms with Crippen LogP contribution in [0.25, 0.3) is 0 Å². The largest absolute Gasteiger partial charge is 0.497 e. The van der Waals surface area contributed by atoms with Gasteiger partial charge in [-0.2, -0.15) is 0 Å². The van der Waals surface area contributed by atoms with Gasteiger partial charge in [0.05, 0.1) is 19.8 Å². The van der Waals surface area contributed by atoms with E-state index in [-0.39, 0.29) is 11.9 Å². The molecule has 1 atom stereocenters. The van der Waals surface area contributed by atoms with Crippen molar-refractivity contribution in [2.75, 3.05) is 13.7 Å². The number of ketones is 1. The lowest BCUT2D eigenvalue weighted by molar-refractivity contribution is -0.138. The molecule has 1 fully saturated rings. The lowest BCUT2D eigenvalue weighted by atomic mass is 10.0. The molecule has 4 nitrogen and oxygen atoms in total. The van der Waals surface area contributed by atoms with Crippen molar-refractivity contribution < 1.29 is 19.0 Å². The van der Waals surface area contributed by atoms with E-state index in [1.807, 2.05) is 13.8 Å². The summed E-state index contributed by atoms with van der Waals surface area (Å²) in [6.45, 7) is 4.33. The van der Waals surface area contributed by atoms with Crippen LogP contribution < -0.4 is 4.74 Å². The molecule has 104 valence electrons. The number of carbonyl (C=O) groups is 1. The Hall–Kier alpha value is -1.39. The molecule has 19 heavy (non-hydrogen) atoms. The van der Waals surface area contributed by atoms with Crippen molar-refractivity contribution in [2.45, 2.75) is 38.6 Å². The Kier molecular flexibility index (Phi) is 4.22. The maximum absolute atomic E-state index is 12.0. The van der Waals surface area contributed by atoms with Gasteiger partial charge in [-0.1, -0.05) is 0 Å². The molecule has 1 heterocycles. The molecular formula is C15H20O4. The Balaban J connectivity index is 1.84. The first kappa shape index (κ1) is 14.0. The van der Waals surface area contributed by atoms with Crippen LogP contribution in [-0.4, -0.2) is 31.4 Å². The molecule has 0 N–H and O–H groups in total. The monoisotopic (exact) mass is 264 g/mol. The number of hydrogen-bond donors (Lipinski definition) is 0. The predicted molar refractivity (Wildman–Crippen MR) is 71.5 cm³/mol. The normalized spacial score (nSPS) is 21.3. The van der Waals surface area contributed by atoms with Crippen LogP contribution in [0.3, 0.4) is 0 Å². The standard InChI is InChI=1S/C15H20O4/c1-15(2)18-10-13(19-15)8-9-14(16)11-4-6-12(17-3)7-5-11/h4-7,13H,8-10H2,1-3H3/t13-/m1/s1. The third-order valence-corrected chi connectivity index (χ3v) is 3.17. The zero-order valence-electron chi connectivity index (χ0n) is 11.6. The third-order valence-electron chi connectivity index (χ3n) is 3.17. The van der Waals surface area contributed by atoms with E-state index in [1.165, 1.54) is 0 Å². The molecule has 2 rings (SSSR count). The average molecular weight is 264 g/mol. The molecule has 0 bridgehead atoms. The SMILES string of the molecule is COc1ccc(C(=O)CC[C@@H]2COC(C)(C)O2)cc1. The second kappa shape index (κ2) is 5.72. The molecule has 1 aliphatic heterocycles. The highest BCUT2D eigenvalue weighted by Gasteiger charge is 2.32. The van der Waals surface area contributed by atoms with Crippen molar-refractivity contribution >= 4 is 5.78 Å². The minimum absolute atomic E-state index is 0.0113. The smallest absolute Gasteiger partial charge is 0.163 e. The summed E-state index contributed by atoms with van der Waals surface area (Å²) in [6.07, 6.45) is 1.17. The molecule has 4 heteroatoms. The molecule has 0 saturated carbocycles. The second-order valence-electron chi connectivity index (χ2n) is 5.14. The second-order valence-corrected chi connectivity index (χ2v) is 5.14. The van der Waals surface area contributed by atoms with Crippen LogP contribution >= 0.6 is 0 Å². The van der Waals surface area contributed by atoms with Gasteiger partial charge >= 0.3 is 0 Å². The Morgan fingerprint density at radius 1 is 1.37 bits per heavy atom. The molecular weight excluding hydrogens is 244 g/mol. The van der Waals surface area contributed by atoms with Gasteiger partial charge in [0.15, 0.2) is 11.6 Å². The first-order valence-electron chi connectivity index (χ1n) is 6.49. The number of carbonyl (C=O) groups excluding carboxylic acids is 1. The van der Waals surface area contributed by atoms with E-state index >= 15 is 0 Å². The summed E-state index contributed by atoms with van der Waals surface area (Å²) in [5.41, 5.74) is 0.707. The summed E-state index contributed by atoms with van der Waals surface area (Å²) in [5, 5.41) is 0. The molecule has 1 aromatic carbocycles. The van der Waals surface area contributed by atoms with E-state index in [1.54, 1.807) is 31.4 Å². The highest BCUT2D eigenvalue weighted by Crippen LogP contribution is 2.25. The zero-order chi connectivity index (χ0) is 13.9. The van der Waals surface area contributed by atoms with Crippen molar-refractivity contribution in [1.82, 2.24) is 0 Å². The van der Waals surface area contributed by atoms with Crippen LogP contribution in [-0.2, 0) is 9.47 Å². The molecule has 0 spiro atoms.